The van der Waals surface area contributed by atoms with Gasteiger partial charge in [-0.2, -0.15) is 13.2 Å². The van der Waals surface area contributed by atoms with Crippen molar-refractivity contribution in [2.24, 2.45) is 5.73 Å². The van der Waals surface area contributed by atoms with Crippen molar-refractivity contribution >= 4 is 11.6 Å². The number of benzene rings is 1. The second-order valence-electron chi connectivity index (χ2n) is 4.93. The summed E-state index contributed by atoms with van der Waals surface area (Å²) in [5, 5.41) is 2.65. The lowest BCUT2D eigenvalue weighted by Gasteiger charge is -2.11. The first-order valence-electron chi connectivity index (χ1n) is 7.20. The van der Waals surface area contributed by atoms with E-state index < -0.39 is 12.8 Å². The maximum atomic E-state index is 12.1. The highest BCUT2D eigenvalue weighted by molar-refractivity contribution is 5.90. The highest BCUT2D eigenvalue weighted by Gasteiger charge is 2.28. The van der Waals surface area contributed by atoms with Gasteiger partial charge in [-0.1, -0.05) is 18.9 Å². The van der Waals surface area contributed by atoms with Crippen molar-refractivity contribution in [3.63, 3.8) is 0 Å². The molecule has 0 saturated heterocycles. The van der Waals surface area contributed by atoms with Crippen molar-refractivity contribution in [2.75, 3.05) is 18.5 Å². The van der Waals surface area contributed by atoms with Gasteiger partial charge >= 0.3 is 6.18 Å². The lowest BCUT2D eigenvalue weighted by Crippen LogP contribution is -2.19. The number of nitrogens with two attached hydrogens (primary N) is 1. The lowest BCUT2D eigenvalue weighted by molar-refractivity contribution is -0.153. The Morgan fingerprint density at radius 2 is 1.91 bits per heavy atom. The normalized spacial score (nSPS) is 11.3. The molecule has 1 aromatic rings. The number of ether oxygens (including phenoxy) is 1. The van der Waals surface area contributed by atoms with Gasteiger partial charge in [-0.05, 0) is 31.5 Å². The van der Waals surface area contributed by atoms with Gasteiger partial charge in [-0.25, -0.2) is 0 Å². The number of rotatable bonds is 9. The van der Waals surface area contributed by atoms with E-state index in [1.54, 1.807) is 6.07 Å². The summed E-state index contributed by atoms with van der Waals surface area (Å²) >= 11 is 0. The zero-order valence-corrected chi connectivity index (χ0v) is 12.3. The monoisotopic (exact) mass is 318 g/mol. The Morgan fingerprint density at radius 1 is 1.18 bits per heavy atom. The molecule has 0 aromatic heterocycles. The molecule has 0 heterocycles. The van der Waals surface area contributed by atoms with Crippen LogP contribution >= 0.6 is 0 Å². The number of hydrogen-bond donors (Lipinski definition) is 2. The molecule has 7 heteroatoms. The van der Waals surface area contributed by atoms with E-state index in [1.165, 1.54) is 18.2 Å². The summed E-state index contributed by atoms with van der Waals surface area (Å²) in [6.07, 6.45) is -0.388. The fourth-order valence-electron chi connectivity index (χ4n) is 1.84. The number of anilines is 1. The van der Waals surface area contributed by atoms with Crippen LogP contribution in [0.3, 0.4) is 0 Å². The third-order valence-electron chi connectivity index (χ3n) is 2.88. The van der Waals surface area contributed by atoms with Crippen molar-refractivity contribution in [2.45, 2.75) is 38.3 Å². The Bertz CT molecular complexity index is 464. The summed E-state index contributed by atoms with van der Waals surface area (Å²) in [6, 6.07) is 5.92. The minimum absolute atomic E-state index is 0.0677. The summed E-state index contributed by atoms with van der Waals surface area (Å²) in [5.74, 6) is -0.0983. The number of nitrogens with one attached hydrogen (secondary N) is 1. The molecule has 1 aromatic carbocycles. The van der Waals surface area contributed by atoms with E-state index in [2.05, 4.69) is 10.1 Å². The molecule has 0 fully saturated rings. The predicted molar refractivity (Wildman–Crippen MR) is 78.8 cm³/mol. The second kappa shape index (κ2) is 9.30. The van der Waals surface area contributed by atoms with Crippen LogP contribution in [-0.4, -0.2) is 25.2 Å². The third-order valence-corrected chi connectivity index (χ3v) is 2.88. The van der Waals surface area contributed by atoms with Crippen LogP contribution < -0.4 is 15.8 Å². The number of carbonyl (C=O) groups excluding carboxylic acids is 1. The minimum atomic E-state index is -4.39. The molecular weight excluding hydrogens is 297 g/mol. The molecule has 0 spiro atoms. The van der Waals surface area contributed by atoms with Gasteiger partial charge in [0.15, 0.2) is 6.61 Å². The topological polar surface area (TPSA) is 64.4 Å². The van der Waals surface area contributed by atoms with Crippen molar-refractivity contribution in [1.82, 2.24) is 0 Å². The third kappa shape index (κ3) is 8.51. The van der Waals surface area contributed by atoms with Crippen molar-refractivity contribution in [3.8, 4) is 5.75 Å². The molecule has 0 bridgehead atoms. The van der Waals surface area contributed by atoms with Crippen LogP contribution in [0, 0.1) is 0 Å². The molecule has 0 unspecified atom stereocenters. The highest BCUT2D eigenvalue weighted by atomic mass is 19.4. The van der Waals surface area contributed by atoms with Crippen molar-refractivity contribution in [1.29, 1.82) is 0 Å². The Balaban J connectivity index is 2.37. The van der Waals surface area contributed by atoms with Crippen LogP contribution in [-0.2, 0) is 4.79 Å². The van der Waals surface area contributed by atoms with Crippen LogP contribution in [0.5, 0.6) is 5.75 Å². The molecule has 1 amide bonds. The van der Waals surface area contributed by atoms with E-state index >= 15 is 0 Å². The molecule has 124 valence electrons. The van der Waals surface area contributed by atoms with Crippen LogP contribution in [0.15, 0.2) is 24.3 Å². The first kappa shape index (κ1) is 18.3. The number of amides is 1. The standard InChI is InChI=1S/C15H21F3N2O2/c16-15(17,18)11-22-13-7-5-6-12(10-13)20-14(21)8-3-1-2-4-9-19/h5-7,10H,1-4,8-9,11,19H2,(H,20,21). The van der Waals surface area contributed by atoms with Gasteiger partial charge in [0.2, 0.25) is 5.91 Å². The van der Waals surface area contributed by atoms with Gasteiger partial charge in [-0.3, -0.25) is 4.79 Å². The van der Waals surface area contributed by atoms with E-state index in [1.807, 2.05) is 0 Å². The highest BCUT2D eigenvalue weighted by Crippen LogP contribution is 2.21. The van der Waals surface area contributed by atoms with Gasteiger partial charge in [0.05, 0.1) is 0 Å². The van der Waals surface area contributed by atoms with E-state index in [9.17, 15) is 18.0 Å². The van der Waals surface area contributed by atoms with E-state index in [-0.39, 0.29) is 11.7 Å². The molecule has 0 atom stereocenters. The molecule has 0 saturated carbocycles. The maximum absolute atomic E-state index is 12.1. The number of hydrogen-bond acceptors (Lipinski definition) is 3. The van der Waals surface area contributed by atoms with Crippen LogP contribution in [0.25, 0.3) is 0 Å². The molecule has 22 heavy (non-hydrogen) atoms. The summed E-state index contributed by atoms with van der Waals surface area (Å²) < 4.78 is 40.9. The maximum Gasteiger partial charge on any atom is 0.422 e. The summed E-state index contributed by atoms with van der Waals surface area (Å²) in [4.78, 5) is 11.7. The number of halogens is 3. The van der Waals surface area contributed by atoms with E-state index in [0.29, 0.717) is 18.7 Å². The molecule has 0 aliphatic rings. The Morgan fingerprint density at radius 3 is 2.59 bits per heavy atom. The molecule has 0 aliphatic carbocycles. The average Bonchev–Trinajstić information content (AvgIpc) is 2.44. The molecule has 3 N–H and O–H groups in total. The SMILES string of the molecule is NCCCCCCC(=O)Nc1cccc(OCC(F)(F)F)c1. The number of unbranched alkanes of at least 4 members (excludes halogenated alkanes) is 3. The Hall–Kier alpha value is -1.76. The molecule has 4 nitrogen and oxygen atoms in total. The summed E-state index contributed by atoms with van der Waals surface area (Å²) in [7, 11) is 0. The minimum Gasteiger partial charge on any atom is -0.484 e. The number of carbonyl (C=O) groups is 1. The first-order valence-corrected chi connectivity index (χ1v) is 7.20. The van der Waals surface area contributed by atoms with E-state index in [4.69, 9.17) is 5.73 Å². The predicted octanol–water partition coefficient (Wildman–Crippen LogP) is 3.48. The van der Waals surface area contributed by atoms with Crippen molar-refractivity contribution < 1.29 is 22.7 Å². The second-order valence-corrected chi connectivity index (χ2v) is 4.93. The van der Waals surface area contributed by atoms with E-state index in [0.717, 1.165) is 25.7 Å². The quantitative estimate of drug-likeness (QED) is 0.685. The number of alkyl halides is 3. The fourth-order valence-corrected chi connectivity index (χ4v) is 1.84. The fraction of sp³-hybridized carbons (Fsp3) is 0.533. The zero-order valence-electron chi connectivity index (χ0n) is 12.3. The lowest BCUT2D eigenvalue weighted by atomic mass is 10.1. The molecule has 0 aliphatic heterocycles. The summed E-state index contributed by atoms with van der Waals surface area (Å²) in [5.41, 5.74) is 5.80. The van der Waals surface area contributed by atoms with Crippen LogP contribution in [0.2, 0.25) is 0 Å². The average molecular weight is 318 g/mol. The molecule has 1 rings (SSSR count). The Labute approximate surface area is 127 Å². The van der Waals surface area contributed by atoms with Gasteiger partial charge < -0.3 is 15.8 Å². The van der Waals surface area contributed by atoms with Gasteiger partial charge in [0.25, 0.3) is 0 Å². The largest absolute Gasteiger partial charge is 0.484 e. The van der Waals surface area contributed by atoms with Gasteiger partial charge in [-0.15, -0.1) is 0 Å². The first-order chi connectivity index (χ1) is 10.4. The van der Waals surface area contributed by atoms with Crippen LogP contribution in [0.1, 0.15) is 32.1 Å². The Kier molecular flexibility index (Phi) is 7.73. The van der Waals surface area contributed by atoms with Gasteiger partial charge in [0.1, 0.15) is 5.75 Å². The van der Waals surface area contributed by atoms with Crippen molar-refractivity contribution in [3.05, 3.63) is 24.3 Å². The molecule has 0 radical (unpaired) electrons. The zero-order chi connectivity index (χ0) is 16.4. The summed E-state index contributed by atoms with van der Waals surface area (Å²) in [6.45, 7) is -0.706. The van der Waals surface area contributed by atoms with Gasteiger partial charge in [0, 0.05) is 18.2 Å². The smallest absolute Gasteiger partial charge is 0.422 e. The van der Waals surface area contributed by atoms with Crippen LogP contribution in [0.4, 0.5) is 18.9 Å². The molecular formula is C15H21F3N2O2.